The summed E-state index contributed by atoms with van der Waals surface area (Å²) in [5, 5.41) is 5.63. The van der Waals surface area contributed by atoms with Gasteiger partial charge in [-0.25, -0.2) is 10.2 Å². The van der Waals surface area contributed by atoms with Gasteiger partial charge >= 0.3 is 24.0 Å². The van der Waals surface area contributed by atoms with E-state index in [0.29, 0.717) is 17.2 Å². The smallest absolute Gasteiger partial charge is 0.416 e. The van der Waals surface area contributed by atoms with Crippen LogP contribution in [0.4, 0.5) is 18.9 Å². The maximum Gasteiger partial charge on any atom is 0.416 e. The number of halogens is 3. The standard InChI is InChI=1S/C18H14F3N3O4/c1-28-17(27)12-7-5-11(6-8-12)10-22-24-16(26)15(25)23-14-4-2-3-13(9-14)18(19,20)21/h2-10H,1H3,(H,23,25)(H,24,26)/b22-10-. The van der Waals surface area contributed by atoms with Crippen LogP contribution in [0, 0.1) is 0 Å². The van der Waals surface area contributed by atoms with E-state index in [2.05, 4.69) is 15.2 Å². The Morgan fingerprint density at radius 1 is 1.04 bits per heavy atom. The van der Waals surface area contributed by atoms with Crippen LogP contribution in [-0.4, -0.2) is 31.1 Å². The summed E-state index contributed by atoms with van der Waals surface area (Å²) in [6, 6.07) is 9.89. The summed E-state index contributed by atoms with van der Waals surface area (Å²) < 4.78 is 42.5. The van der Waals surface area contributed by atoms with Crippen LogP contribution >= 0.6 is 0 Å². The molecule has 0 saturated heterocycles. The molecule has 0 aliphatic carbocycles. The van der Waals surface area contributed by atoms with Gasteiger partial charge in [0.25, 0.3) is 0 Å². The van der Waals surface area contributed by atoms with Gasteiger partial charge < -0.3 is 10.1 Å². The topological polar surface area (TPSA) is 96.9 Å². The van der Waals surface area contributed by atoms with Gasteiger partial charge in [0.05, 0.1) is 24.5 Å². The summed E-state index contributed by atoms with van der Waals surface area (Å²) >= 11 is 0. The molecule has 7 nitrogen and oxygen atoms in total. The normalized spacial score (nSPS) is 11.1. The highest BCUT2D eigenvalue weighted by atomic mass is 19.4. The Hall–Kier alpha value is -3.69. The quantitative estimate of drug-likeness (QED) is 0.361. The molecule has 2 N–H and O–H groups in total. The number of amides is 2. The van der Waals surface area contributed by atoms with Crippen molar-refractivity contribution < 1.29 is 32.3 Å². The minimum Gasteiger partial charge on any atom is -0.465 e. The first-order valence-electron chi connectivity index (χ1n) is 7.70. The molecule has 0 atom stereocenters. The first-order chi connectivity index (χ1) is 13.2. The highest BCUT2D eigenvalue weighted by Gasteiger charge is 2.30. The van der Waals surface area contributed by atoms with E-state index in [9.17, 15) is 27.6 Å². The average molecular weight is 393 g/mol. The van der Waals surface area contributed by atoms with E-state index in [-0.39, 0.29) is 5.69 Å². The second kappa shape index (κ2) is 8.80. The Bertz CT molecular complexity index is 909. The Balaban J connectivity index is 1.93. The Morgan fingerprint density at radius 3 is 2.32 bits per heavy atom. The summed E-state index contributed by atoms with van der Waals surface area (Å²) in [6.07, 6.45) is -3.35. The number of hydrogen-bond acceptors (Lipinski definition) is 5. The third-order valence-electron chi connectivity index (χ3n) is 3.37. The van der Waals surface area contributed by atoms with E-state index in [1.165, 1.54) is 43.7 Å². The Labute approximate surface area is 157 Å². The molecule has 0 unspecified atom stereocenters. The van der Waals surface area contributed by atoms with Crippen LogP contribution in [0.3, 0.4) is 0 Å². The maximum atomic E-state index is 12.6. The fourth-order valence-electron chi connectivity index (χ4n) is 2.00. The molecule has 2 aromatic rings. The van der Waals surface area contributed by atoms with Gasteiger partial charge in [0.15, 0.2) is 0 Å². The molecule has 0 bridgehead atoms. The number of rotatable bonds is 4. The molecule has 0 spiro atoms. The number of esters is 1. The average Bonchev–Trinajstić information content (AvgIpc) is 2.67. The van der Waals surface area contributed by atoms with Crippen LogP contribution in [0.15, 0.2) is 53.6 Å². The van der Waals surface area contributed by atoms with Gasteiger partial charge in [-0.05, 0) is 35.9 Å². The summed E-state index contributed by atoms with van der Waals surface area (Å²) in [6.45, 7) is 0. The van der Waals surface area contributed by atoms with Crippen molar-refractivity contribution in [2.45, 2.75) is 6.18 Å². The van der Waals surface area contributed by atoms with Gasteiger partial charge in [-0.15, -0.1) is 0 Å². The van der Waals surface area contributed by atoms with Crippen molar-refractivity contribution >= 4 is 29.7 Å². The third kappa shape index (κ3) is 5.66. The maximum absolute atomic E-state index is 12.6. The molecular formula is C18H14F3N3O4. The van der Waals surface area contributed by atoms with Crippen LogP contribution in [0.5, 0.6) is 0 Å². The van der Waals surface area contributed by atoms with Crippen LogP contribution in [0.2, 0.25) is 0 Å². The zero-order chi connectivity index (χ0) is 20.7. The van der Waals surface area contributed by atoms with Crippen LogP contribution in [0.1, 0.15) is 21.5 Å². The summed E-state index contributed by atoms with van der Waals surface area (Å²) in [5.74, 6) is -2.86. The molecule has 0 aromatic heterocycles. The van der Waals surface area contributed by atoms with Gasteiger partial charge in [-0.2, -0.15) is 18.3 Å². The van der Waals surface area contributed by atoms with Crippen molar-refractivity contribution in [3.63, 3.8) is 0 Å². The van der Waals surface area contributed by atoms with E-state index < -0.39 is 29.5 Å². The van der Waals surface area contributed by atoms with E-state index >= 15 is 0 Å². The number of carbonyl (C=O) groups excluding carboxylic acids is 3. The predicted molar refractivity (Wildman–Crippen MR) is 93.6 cm³/mol. The van der Waals surface area contributed by atoms with Crippen molar-refractivity contribution in [3.8, 4) is 0 Å². The largest absolute Gasteiger partial charge is 0.465 e. The van der Waals surface area contributed by atoms with Crippen molar-refractivity contribution in [2.24, 2.45) is 5.10 Å². The van der Waals surface area contributed by atoms with Crippen molar-refractivity contribution in [1.82, 2.24) is 5.43 Å². The van der Waals surface area contributed by atoms with Gasteiger partial charge in [0.1, 0.15) is 0 Å². The summed E-state index contributed by atoms with van der Waals surface area (Å²) in [5.41, 5.74) is 1.65. The fourth-order valence-corrected chi connectivity index (χ4v) is 2.00. The lowest BCUT2D eigenvalue weighted by Gasteiger charge is -2.09. The van der Waals surface area contributed by atoms with E-state index in [4.69, 9.17) is 0 Å². The van der Waals surface area contributed by atoms with Crippen molar-refractivity contribution in [2.75, 3.05) is 12.4 Å². The highest BCUT2D eigenvalue weighted by molar-refractivity contribution is 6.39. The molecule has 0 radical (unpaired) electrons. The zero-order valence-electron chi connectivity index (χ0n) is 14.4. The summed E-state index contributed by atoms with van der Waals surface area (Å²) in [7, 11) is 1.25. The number of hydrazone groups is 1. The lowest BCUT2D eigenvalue weighted by molar-refractivity contribution is -0.137. The molecule has 0 aliphatic rings. The molecule has 2 rings (SSSR count). The van der Waals surface area contributed by atoms with Gasteiger partial charge in [-0.3, -0.25) is 9.59 Å². The SMILES string of the molecule is COC(=O)c1ccc(/C=N\NC(=O)C(=O)Nc2cccc(C(F)(F)F)c2)cc1. The number of methoxy groups -OCH3 is 1. The number of nitrogens with one attached hydrogen (secondary N) is 2. The molecule has 0 aliphatic heterocycles. The second-order valence-corrected chi connectivity index (χ2v) is 5.35. The second-order valence-electron chi connectivity index (χ2n) is 5.35. The van der Waals surface area contributed by atoms with E-state index in [1.807, 2.05) is 5.43 Å². The lowest BCUT2D eigenvalue weighted by atomic mass is 10.1. The Morgan fingerprint density at radius 2 is 1.71 bits per heavy atom. The number of nitrogens with zero attached hydrogens (tertiary/aromatic N) is 1. The minimum atomic E-state index is -4.57. The molecule has 0 heterocycles. The van der Waals surface area contributed by atoms with Crippen molar-refractivity contribution in [3.05, 3.63) is 65.2 Å². The van der Waals surface area contributed by atoms with Gasteiger partial charge in [0.2, 0.25) is 0 Å². The molecule has 28 heavy (non-hydrogen) atoms. The number of alkyl halides is 3. The van der Waals surface area contributed by atoms with Gasteiger partial charge in [0, 0.05) is 5.69 Å². The predicted octanol–water partition coefficient (Wildman–Crippen LogP) is 2.58. The van der Waals surface area contributed by atoms with Crippen LogP contribution in [-0.2, 0) is 20.5 Å². The molecule has 10 heteroatoms. The summed E-state index contributed by atoms with van der Waals surface area (Å²) in [4.78, 5) is 34.7. The zero-order valence-corrected chi connectivity index (χ0v) is 14.4. The molecule has 2 amide bonds. The molecule has 2 aromatic carbocycles. The first-order valence-corrected chi connectivity index (χ1v) is 7.70. The molecular weight excluding hydrogens is 379 g/mol. The van der Waals surface area contributed by atoms with E-state index in [0.717, 1.165) is 12.1 Å². The number of ether oxygens (including phenoxy) is 1. The third-order valence-corrected chi connectivity index (χ3v) is 3.37. The number of anilines is 1. The molecule has 0 saturated carbocycles. The fraction of sp³-hybridized carbons (Fsp3) is 0.111. The Kier molecular flexibility index (Phi) is 6.48. The lowest BCUT2D eigenvalue weighted by Crippen LogP contribution is -2.32. The number of benzene rings is 2. The number of hydrogen-bond donors (Lipinski definition) is 2. The first kappa shape index (κ1) is 20.6. The van der Waals surface area contributed by atoms with Crippen molar-refractivity contribution in [1.29, 1.82) is 0 Å². The van der Waals surface area contributed by atoms with Crippen LogP contribution in [0.25, 0.3) is 0 Å². The van der Waals surface area contributed by atoms with E-state index in [1.54, 1.807) is 0 Å². The molecule has 0 fully saturated rings. The number of carbonyl (C=O) groups is 3. The highest BCUT2D eigenvalue weighted by Crippen LogP contribution is 2.30. The van der Waals surface area contributed by atoms with Crippen LogP contribution < -0.4 is 10.7 Å². The minimum absolute atomic E-state index is 0.183. The van der Waals surface area contributed by atoms with Gasteiger partial charge in [-0.1, -0.05) is 18.2 Å². The molecule has 146 valence electrons. The monoisotopic (exact) mass is 393 g/mol.